The Bertz CT molecular complexity index is 555. The second kappa shape index (κ2) is 8.71. The highest BCUT2D eigenvalue weighted by Crippen LogP contribution is 2.68. The van der Waals surface area contributed by atoms with Gasteiger partial charge in [0, 0.05) is 0 Å². The van der Waals surface area contributed by atoms with E-state index in [1.807, 2.05) is 0 Å². The van der Waals surface area contributed by atoms with Crippen molar-refractivity contribution in [3.05, 3.63) is 0 Å². The van der Waals surface area contributed by atoms with Crippen LogP contribution < -0.4 is 0 Å². The first-order valence-corrected chi connectivity index (χ1v) is 14.1. The molecule has 0 saturated heterocycles. The largest absolute Gasteiger partial charge is 0.179 e. The maximum Gasteiger partial charge on any atom is -0.00671 e. The zero-order valence-corrected chi connectivity index (χ0v) is 21.2. The molecule has 9 unspecified atom stereocenters. The zero-order valence-electron chi connectivity index (χ0n) is 20.3. The topological polar surface area (TPSA) is 0 Å². The van der Waals surface area contributed by atoms with Gasteiger partial charge in [-0.3, -0.25) is 0 Å². The maximum atomic E-state index is 4.66. The van der Waals surface area contributed by atoms with Crippen LogP contribution in [0.4, 0.5) is 0 Å². The van der Waals surface area contributed by atoms with Gasteiger partial charge in [-0.25, -0.2) is 0 Å². The quantitative estimate of drug-likeness (QED) is 0.410. The molecule has 4 aliphatic rings. The van der Waals surface area contributed by atoms with E-state index >= 15 is 0 Å². The molecule has 0 amide bonds. The standard InChI is InChI=1S/C28H50S/c1-19(2)21(18-29)10-9-20(3)24-13-14-25-23-12-11-22-8-6-7-16-27(22,4)26(23)15-17-28(24,25)5/h19-26,29H,6-18H2,1-5H3. The Kier molecular flexibility index (Phi) is 6.77. The van der Waals surface area contributed by atoms with Crippen molar-refractivity contribution in [2.45, 2.75) is 112 Å². The van der Waals surface area contributed by atoms with Crippen LogP contribution in [0.5, 0.6) is 0 Å². The SMILES string of the molecule is CC(C)C(CS)CCC(C)C1CCC2C3CCC4CCCCC4(C)C3CCC12C. The molecule has 0 heterocycles. The lowest BCUT2D eigenvalue weighted by molar-refractivity contribution is -0.114. The van der Waals surface area contributed by atoms with Crippen molar-refractivity contribution in [2.24, 2.45) is 58.2 Å². The lowest BCUT2D eigenvalue weighted by Crippen LogP contribution is -2.53. The summed E-state index contributed by atoms with van der Waals surface area (Å²) < 4.78 is 0. The van der Waals surface area contributed by atoms with Crippen LogP contribution in [0.15, 0.2) is 0 Å². The van der Waals surface area contributed by atoms with E-state index in [1.165, 1.54) is 38.5 Å². The summed E-state index contributed by atoms with van der Waals surface area (Å²) in [4.78, 5) is 0. The number of rotatable bonds is 6. The lowest BCUT2D eigenvalue weighted by atomic mass is 9.44. The van der Waals surface area contributed by atoms with Gasteiger partial charge in [0.2, 0.25) is 0 Å². The molecule has 29 heavy (non-hydrogen) atoms. The second-order valence-corrected chi connectivity index (χ2v) is 13.2. The predicted molar refractivity (Wildman–Crippen MR) is 130 cm³/mol. The molecule has 1 heteroatoms. The zero-order chi connectivity index (χ0) is 20.8. The van der Waals surface area contributed by atoms with Gasteiger partial charge in [0.15, 0.2) is 0 Å². The van der Waals surface area contributed by atoms with E-state index < -0.39 is 0 Å². The van der Waals surface area contributed by atoms with Gasteiger partial charge in [0.25, 0.3) is 0 Å². The predicted octanol–water partition coefficient (Wildman–Crippen LogP) is 8.65. The molecule has 9 atom stereocenters. The average molecular weight is 419 g/mol. The molecule has 4 fully saturated rings. The van der Waals surface area contributed by atoms with Crippen molar-refractivity contribution in [3.63, 3.8) is 0 Å². The third kappa shape index (κ3) is 3.87. The minimum Gasteiger partial charge on any atom is -0.179 e. The Morgan fingerprint density at radius 3 is 2.28 bits per heavy atom. The summed E-state index contributed by atoms with van der Waals surface area (Å²) in [6.45, 7) is 12.9. The highest BCUT2D eigenvalue weighted by Gasteiger charge is 2.60. The Morgan fingerprint density at radius 1 is 0.793 bits per heavy atom. The fourth-order valence-corrected chi connectivity index (χ4v) is 10.2. The highest BCUT2D eigenvalue weighted by atomic mass is 32.1. The van der Waals surface area contributed by atoms with Crippen LogP contribution >= 0.6 is 12.6 Å². The summed E-state index contributed by atoms with van der Waals surface area (Å²) in [5, 5.41) is 0. The van der Waals surface area contributed by atoms with Crippen LogP contribution in [0.2, 0.25) is 0 Å². The van der Waals surface area contributed by atoms with Gasteiger partial charge in [-0.1, -0.05) is 53.9 Å². The molecule has 0 spiro atoms. The fraction of sp³-hybridized carbons (Fsp3) is 1.00. The summed E-state index contributed by atoms with van der Waals surface area (Å²) in [6.07, 6.45) is 18.2. The van der Waals surface area contributed by atoms with Crippen LogP contribution in [0.25, 0.3) is 0 Å². The molecule has 0 aromatic carbocycles. The van der Waals surface area contributed by atoms with Gasteiger partial charge in [-0.15, -0.1) is 0 Å². The minimum atomic E-state index is 0.646. The first kappa shape index (κ1) is 22.5. The Morgan fingerprint density at radius 2 is 1.55 bits per heavy atom. The van der Waals surface area contributed by atoms with Gasteiger partial charge >= 0.3 is 0 Å². The number of hydrogen-bond acceptors (Lipinski definition) is 1. The molecular weight excluding hydrogens is 368 g/mol. The highest BCUT2D eigenvalue weighted by molar-refractivity contribution is 7.80. The molecule has 4 aliphatic carbocycles. The number of fused-ring (bicyclic) bond motifs is 5. The Hall–Kier alpha value is 0.350. The molecule has 0 aromatic rings. The molecule has 0 nitrogen and oxygen atoms in total. The van der Waals surface area contributed by atoms with E-state index in [9.17, 15) is 0 Å². The third-order valence-corrected chi connectivity index (χ3v) is 12.0. The van der Waals surface area contributed by atoms with Gasteiger partial charge in [0.05, 0.1) is 0 Å². The van der Waals surface area contributed by atoms with Crippen LogP contribution in [0, 0.1) is 58.2 Å². The fourth-order valence-electron chi connectivity index (χ4n) is 9.58. The van der Waals surface area contributed by atoms with Crippen molar-refractivity contribution >= 4 is 12.6 Å². The maximum absolute atomic E-state index is 4.66. The summed E-state index contributed by atoms with van der Waals surface area (Å²) in [5.41, 5.74) is 1.34. The second-order valence-electron chi connectivity index (χ2n) is 12.9. The monoisotopic (exact) mass is 418 g/mol. The minimum absolute atomic E-state index is 0.646. The average Bonchev–Trinajstić information content (AvgIpc) is 3.05. The van der Waals surface area contributed by atoms with Crippen LogP contribution in [-0.2, 0) is 0 Å². The summed E-state index contributed by atoms with van der Waals surface area (Å²) >= 11 is 4.66. The van der Waals surface area contributed by atoms with Gasteiger partial charge in [0.1, 0.15) is 0 Å². The smallest absolute Gasteiger partial charge is 0.00671 e. The van der Waals surface area contributed by atoms with E-state index in [0.29, 0.717) is 10.8 Å². The molecule has 4 rings (SSSR count). The van der Waals surface area contributed by atoms with E-state index in [4.69, 9.17) is 0 Å². The number of thiol groups is 1. The van der Waals surface area contributed by atoms with Crippen molar-refractivity contribution in [3.8, 4) is 0 Å². The molecular formula is C28H50S. The van der Waals surface area contributed by atoms with E-state index in [1.54, 1.807) is 38.5 Å². The van der Waals surface area contributed by atoms with Crippen molar-refractivity contribution < 1.29 is 0 Å². The third-order valence-electron chi connectivity index (χ3n) is 11.5. The Labute approximate surface area is 188 Å². The van der Waals surface area contributed by atoms with Crippen molar-refractivity contribution in [1.82, 2.24) is 0 Å². The first-order valence-electron chi connectivity index (χ1n) is 13.4. The molecule has 0 radical (unpaired) electrons. The molecule has 168 valence electrons. The Balaban J connectivity index is 1.45. The van der Waals surface area contributed by atoms with E-state index in [2.05, 4.69) is 47.2 Å². The molecule has 0 bridgehead atoms. The van der Waals surface area contributed by atoms with Crippen LogP contribution in [0.3, 0.4) is 0 Å². The summed E-state index contributed by atoms with van der Waals surface area (Å²) in [5.74, 6) is 8.78. The summed E-state index contributed by atoms with van der Waals surface area (Å²) in [6, 6.07) is 0. The molecule has 0 N–H and O–H groups in total. The van der Waals surface area contributed by atoms with Crippen LogP contribution in [0.1, 0.15) is 112 Å². The van der Waals surface area contributed by atoms with Gasteiger partial charge in [-0.05, 0) is 122 Å². The molecule has 0 aromatic heterocycles. The molecule has 0 aliphatic heterocycles. The molecule has 4 saturated carbocycles. The summed E-state index contributed by atoms with van der Waals surface area (Å²) in [7, 11) is 0. The van der Waals surface area contributed by atoms with Crippen LogP contribution in [-0.4, -0.2) is 5.75 Å². The normalized spacial score (nSPS) is 46.7. The van der Waals surface area contributed by atoms with Gasteiger partial charge in [-0.2, -0.15) is 12.6 Å². The van der Waals surface area contributed by atoms with Crippen molar-refractivity contribution in [2.75, 3.05) is 5.75 Å². The van der Waals surface area contributed by atoms with E-state index in [-0.39, 0.29) is 0 Å². The first-order chi connectivity index (χ1) is 13.8. The lowest BCUT2D eigenvalue weighted by Gasteiger charge is -2.61. The van der Waals surface area contributed by atoms with E-state index in [0.717, 1.165) is 53.1 Å². The van der Waals surface area contributed by atoms with Gasteiger partial charge < -0.3 is 0 Å². The number of hydrogen-bond donors (Lipinski definition) is 1. The van der Waals surface area contributed by atoms with Crippen molar-refractivity contribution in [1.29, 1.82) is 0 Å².